The van der Waals surface area contributed by atoms with Crippen LogP contribution in [0.5, 0.6) is 0 Å². The summed E-state index contributed by atoms with van der Waals surface area (Å²) in [5, 5.41) is 16.6. The summed E-state index contributed by atoms with van der Waals surface area (Å²) in [5.74, 6) is 3.58. The highest BCUT2D eigenvalue weighted by atomic mass is 16.7. The van der Waals surface area contributed by atoms with E-state index in [-0.39, 0.29) is 18.6 Å². The normalized spacial score (nSPS) is 39.7. The van der Waals surface area contributed by atoms with Crippen LogP contribution in [0.3, 0.4) is 0 Å². The number of ketones is 1. The van der Waals surface area contributed by atoms with Gasteiger partial charge in [0.15, 0.2) is 0 Å². The highest BCUT2D eigenvalue weighted by molar-refractivity contribution is 5.85. The van der Waals surface area contributed by atoms with Crippen LogP contribution in [0.15, 0.2) is 5.16 Å². The molecule has 0 radical (unpaired) electrons. The minimum atomic E-state index is -0.495. The second-order valence-corrected chi connectivity index (χ2v) is 12.0. The maximum Gasteiger partial charge on any atom is 0.436 e. The average molecular weight is 476 g/mol. The largest absolute Gasteiger partial charge is 0.436 e. The van der Waals surface area contributed by atoms with Gasteiger partial charge in [-0.2, -0.15) is 0 Å². The minimum absolute atomic E-state index is 0.0968. The lowest BCUT2D eigenvalue weighted by atomic mass is 9.44. The molecule has 0 heterocycles. The highest BCUT2D eigenvalue weighted by Crippen LogP contribution is 2.67. The molecule has 4 aliphatic carbocycles. The van der Waals surface area contributed by atoms with Crippen molar-refractivity contribution in [2.24, 2.45) is 45.6 Å². The van der Waals surface area contributed by atoms with Crippen molar-refractivity contribution in [2.75, 3.05) is 33.3 Å². The Morgan fingerprint density at radius 3 is 2.62 bits per heavy atom. The van der Waals surface area contributed by atoms with Crippen LogP contribution in [-0.2, 0) is 9.63 Å². The van der Waals surface area contributed by atoms with Crippen molar-refractivity contribution in [3.63, 3.8) is 0 Å². The molecule has 0 aromatic carbocycles. The third kappa shape index (κ3) is 4.55. The van der Waals surface area contributed by atoms with Crippen LogP contribution in [-0.4, -0.2) is 60.9 Å². The summed E-state index contributed by atoms with van der Waals surface area (Å²) in [6.45, 7) is 8.23. The predicted molar refractivity (Wildman–Crippen MR) is 132 cm³/mol. The highest BCUT2D eigenvalue weighted by Gasteiger charge is 2.60. The van der Waals surface area contributed by atoms with Crippen molar-refractivity contribution < 1.29 is 19.5 Å². The summed E-state index contributed by atoms with van der Waals surface area (Å²) >= 11 is 0. The fraction of sp³-hybridized carbons (Fsp3) is 0.889. The van der Waals surface area contributed by atoms with E-state index in [0.717, 1.165) is 43.2 Å². The Labute approximate surface area is 205 Å². The van der Waals surface area contributed by atoms with E-state index in [2.05, 4.69) is 24.3 Å². The molecule has 4 saturated carbocycles. The molecule has 7 nitrogen and oxygen atoms in total. The summed E-state index contributed by atoms with van der Waals surface area (Å²) < 4.78 is 0. The molecular weight excluding hydrogens is 430 g/mol. The average Bonchev–Trinajstić information content (AvgIpc) is 3.17. The van der Waals surface area contributed by atoms with Gasteiger partial charge in [-0.05, 0) is 93.4 Å². The molecule has 4 rings (SSSR count). The van der Waals surface area contributed by atoms with Gasteiger partial charge in [0.2, 0.25) is 0 Å². The first-order chi connectivity index (χ1) is 16.2. The van der Waals surface area contributed by atoms with Gasteiger partial charge in [0.05, 0.1) is 12.3 Å². The molecule has 7 atom stereocenters. The molecule has 7 heteroatoms. The zero-order chi connectivity index (χ0) is 24.5. The van der Waals surface area contributed by atoms with Gasteiger partial charge in [-0.15, -0.1) is 0 Å². The Morgan fingerprint density at radius 2 is 1.88 bits per heavy atom. The Hall–Kier alpha value is -1.47. The first-order valence-electron chi connectivity index (χ1n) is 13.5. The zero-order valence-electron chi connectivity index (χ0n) is 21.6. The van der Waals surface area contributed by atoms with Gasteiger partial charge in [-0.25, -0.2) is 4.79 Å². The van der Waals surface area contributed by atoms with Crippen molar-refractivity contribution in [1.29, 1.82) is 0 Å². The Bertz CT molecular complexity index is 801. The number of likely N-dealkylation sites (N-methyl/N-ethyl adjacent to an activating group) is 1. The summed E-state index contributed by atoms with van der Waals surface area (Å²) in [6.07, 6.45) is 9.41. The first kappa shape index (κ1) is 25.6. The second-order valence-electron chi connectivity index (χ2n) is 12.0. The minimum Gasteiger partial charge on any atom is -0.395 e. The molecule has 0 bridgehead atoms. The lowest BCUT2D eigenvalue weighted by molar-refractivity contribution is -0.138. The predicted octanol–water partition coefficient (Wildman–Crippen LogP) is 4.24. The summed E-state index contributed by atoms with van der Waals surface area (Å²) in [6, 6.07) is 0. The Balaban J connectivity index is 1.44. The lowest BCUT2D eigenvalue weighted by Crippen LogP contribution is -2.53. The summed E-state index contributed by atoms with van der Waals surface area (Å²) in [4.78, 5) is 31.5. The van der Waals surface area contributed by atoms with Crippen LogP contribution < -0.4 is 5.32 Å². The Morgan fingerprint density at radius 1 is 1.12 bits per heavy atom. The molecule has 1 amide bonds. The lowest BCUT2D eigenvalue weighted by Gasteiger charge is -2.60. The smallest absolute Gasteiger partial charge is 0.395 e. The van der Waals surface area contributed by atoms with Gasteiger partial charge in [0, 0.05) is 38.4 Å². The molecule has 0 saturated heterocycles. The van der Waals surface area contributed by atoms with Crippen LogP contribution in [0.2, 0.25) is 0 Å². The van der Waals surface area contributed by atoms with Gasteiger partial charge >= 0.3 is 6.09 Å². The number of aliphatic hydroxyl groups is 1. The SMILES string of the molecule is CNCCN(CCO)C(=O)O/N=C(\C)[C@H]1CC[C@H]2[C@@H]3CC[C@H]4CC(=O)CC[C@]4(C)[C@H]3CC[C@]12C. The number of hydrogen-bond donors (Lipinski definition) is 2. The molecule has 0 aromatic heterocycles. The number of amides is 1. The van der Waals surface area contributed by atoms with Gasteiger partial charge in [0.25, 0.3) is 0 Å². The molecule has 34 heavy (non-hydrogen) atoms. The number of nitrogens with one attached hydrogen (secondary N) is 1. The maximum absolute atomic E-state index is 12.5. The van der Waals surface area contributed by atoms with E-state index in [4.69, 9.17) is 4.84 Å². The first-order valence-corrected chi connectivity index (χ1v) is 13.5. The molecular formula is C27H45N3O4. The van der Waals surface area contributed by atoms with Gasteiger partial charge < -0.3 is 15.3 Å². The van der Waals surface area contributed by atoms with Crippen molar-refractivity contribution in [1.82, 2.24) is 10.2 Å². The Kier molecular flexibility index (Phi) is 7.73. The molecule has 0 unspecified atom stereocenters. The fourth-order valence-electron chi connectivity index (χ4n) is 8.63. The number of carbonyl (C=O) groups excluding carboxylic acids is 2. The van der Waals surface area contributed by atoms with E-state index in [1.165, 1.54) is 37.0 Å². The van der Waals surface area contributed by atoms with Crippen LogP contribution in [0, 0.1) is 40.4 Å². The number of nitrogens with zero attached hydrogens (tertiary/aromatic N) is 2. The van der Waals surface area contributed by atoms with E-state index in [1.807, 2.05) is 14.0 Å². The molecule has 0 spiro atoms. The number of Topliss-reactive ketones (excluding diaryl/α,β-unsaturated/α-hetero) is 1. The van der Waals surface area contributed by atoms with Crippen molar-refractivity contribution in [2.45, 2.75) is 78.6 Å². The maximum atomic E-state index is 12.5. The zero-order valence-corrected chi connectivity index (χ0v) is 21.6. The number of carbonyl (C=O) groups is 2. The third-order valence-electron chi connectivity index (χ3n) is 10.5. The quantitative estimate of drug-likeness (QED) is 0.326. The molecule has 4 fully saturated rings. The fourth-order valence-corrected chi connectivity index (χ4v) is 8.63. The van der Waals surface area contributed by atoms with E-state index in [0.29, 0.717) is 42.0 Å². The number of aliphatic hydroxyl groups excluding tert-OH is 1. The van der Waals surface area contributed by atoms with Gasteiger partial charge in [0.1, 0.15) is 5.78 Å². The summed E-state index contributed by atoms with van der Waals surface area (Å²) in [5.41, 5.74) is 1.46. The number of oxime groups is 1. The van der Waals surface area contributed by atoms with E-state index in [1.54, 1.807) is 0 Å². The number of rotatable bonds is 7. The standard InChI is InChI=1S/C27H45N3O4/c1-18(29-34-25(33)30(15-16-31)14-13-28-4)22-7-8-23-21-6-5-19-17-20(32)9-11-26(19,2)24(21)10-12-27(22,23)3/h19,21-24,28,31H,5-17H2,1-4H3/b29-18+/t19-,21-,22+,23-,24-,26-,27+/m0/s1. The van der Waals surface area contributed by atoms with Crippen molar-refractivity contribution in [3.05, 3.63) is 0 Å². The molecule has 2 N–H and O–H groups in total. The van der Waals surface area contributed by atoms with E-state index >= 15 is 0 Å². The number of hydrogen-bond acceptors (Lipinski definition) is 6. The van der Waals surface area contributed by atoms with Gasteiger partial charge in [-0.3, -0.25) is 9.63 Å². The third-order valence-corrected chi connectivity index (χ3v) is 10.5. The molecule has 0 aliphatic heterocycles. The van der Waals surface area contributed by atoms with Crippen LogP contribution in [0.25, 0.3) is 0 Å². The monoisotopic (exact) mass is 475 g/mol. The molecule has 4 aliphatic rings. The molecule has 0 aromatic rings. The van der Waals surface area contributed by atoms with E-state index < -0.39 is 6.09 Å². The second kappa shape index (κ2) is 10.3. The van der Waals surface area contributed by atoms with Crippen molar-refractivity contribution >= 4 is 17.6 Å². The molecule has 192 valence electrons. The topological polar surface area (TPSA) is 91.2 Å². The van der Waals surface area contributed by atoms with Crippen molar-refractivity contribution in [3.8, 4) is 0 Å². The van der Waals surface area contributed by atoms with Crippen LogP contribution in [0.1, 0.15) is 78.6 Å². The van der Waals surface area contributed by atoms with E-state index in [9.17, 15) is 14.7 Å². The summed E-state index contributed by atoms with van der Waals surface area (Å²) in [7, 11) is 1.83. The van der Waals surface area contributed by atoms with Gasteiger partial charge in [-0.1, -0.05) is 19.0 Å². The number of fused-ring (bicyclic) bond motifs is 5. The van der Waals surface area contributed by atoms with Crippen LogP contribution in [0.4, 0.5) is 4.79 Å². The van der Waals surface area contributed by atoms with Crippen LogP contribution >= 0.6 is 0 Å².